The van der Waals surface area contributed by atoms with Crippen LogP contribution in [0.25, 0.3) is 0 Å². The Morgan fingerprint density at radius 3 is 3.11 bits per heavy atom. The molecule has 27 heavy (non-hydrogen) atoms. The van der Waals surface area contributed by atoms with Gasteiger partial charge in [-0.2, -0.15) is 10.4 Å². The van der Waals surface area contributed by atoms with E-state index < -0.39 is 0 Å². The van der Waals surface area contributed by atoms with Crippen molar-refractivity contribution in [2.24, 2.45) is 5.92 Å². The van der Waals surface area contributed by atoms with Gasteiger partial charge >= 0.3 is 0 Å². The molecule has 1 aromatic carbocycles. The molecule has 0 unspecified atom stereocenters. The fourth-order valence-electron chi connectivity index (χ4n) is 3.19. The molecule has 0 fully saturated rings. The van der Waals surface area contributed by atoms with Crippen LogP contribution in [0.4, 0.5) is 5.82 Å². The first-order chi connectivity index (χ1) is 13.1. The maximum atomic E-state index is 12.3. The van der Waals surface area contributed by atoms with Crippen LogP contribution in [0.5, 0.6) is 5.75 Å². The second-order valence-corrected chi connectivity index (χ2v) is 7.08. The molecule has 8 heteroatoms. The number of anilines is 1. The molecule has 1 atom stereocenters. The van der Waals surface area contributed by atoms with Crippen molar-refractivity contribution in [3.8, 4) is 11.8 Å². The lowest BCUT2D eigenvalue weighted by molar-refractivity contribution is -0.126. The van der Waals surface area contributed by atoms with E-state index in [1.165, 1.54) is 0 Å². The highest BCUT2D eigenvalue weighted by Crippen LogP contribution is 2.29. The number of carbonyl (C=O) groups excluding carboxylic acids is 1. The summed E-state index contributed by atoms with van der Waals surface area (Å²) in [4.78, 5) is 12.3. The number of benzene rings is 1. The van der Waals surface area contributed by atoms with Gasteiger partial charge in [-0.05, 0) is 49.4 Å². The van der Waals surface area contributed by atoms with Crippen LogP contribution in [0.3, 0.4) is 0 Å². The number of ether oxygens (including phenoxy) is 1. The lowest BCUT2D eigenvalue weighted by Crippen LogP contribution is -2.37. The molecule has 0 radical (unpaired) electrons. The molecule has 0 saturated carbocycles. The number of hydrogen-bond donors (Lipinski definition) is 3. The number of fused-ring (bicyclic) bond motifs is 1. The number of aromatic nitrogens is 2. The second-order valence-electron chi connectivity index (χ2n) is 6.64. The van der Waals surface area contributed by atoms with Crippen LogP contribution >= 0.6 is 11.6 Å². The van der Waals surface area contributed by atoms with Crippen LogP contribution in [0.15, 0.2) is 18.2 Å². The van der Waals surface area contributed by atoms with Crippen molar-refractivity contribution in [3.63, 3.8) is 0 Å². The lowest BCUT2D eigenvalue weighted by atomic mass is 9.96. The number of nitrogens with one attached hydrogen (secondary N) is 2. The Bertz CT molecular complexity index is 858. The van der Waals surface area contributed by atoms with E-state index in [-0.39, 0.29) is 17.6 Å². The summed E-state index contributed by atoms with van der Waals surface area (Å²) < 4.78 is 5.66. The largest absolute Gasteiger partial charge is 0.492 e. The standard InChI is InChI=1S/C19H22ClN5O2/c20-14-5-6-17-12(9-14)8-13(11-27-17)19(26)23-7-3-1-2-4-16-15(10-21)18(22)25-24-16/h5-6,9,13H,1-4,7-8,11H2,(H,23,26)(H3,22,24,25)/t13-/m1/s1. The van der Waals surface area contributed by atoms with Crippen molar-refractivity contribution in [2.45, 2.75) is 32.1 Å². The Morgan fingerprint density at radius 2 is 2.30 bits per heavy atom. The first-order valence-corrected chi connectivity index (χ1v) is 9.38. The lowest BCUT2D eigenvalue weighted by Gasteiger charge is -2.24. The molecule has 3 rings (SSSR count). The zero-order valence-corrected chi connectivity index (χ0v) is 15.7. The smallest absolute Gasteiger partial charge is 0.226 e. The van der Waals surface area contributed by atoms with E-state index >= 15 is 0 Å². The number of nitrogens with zero attached hydrogens (tertiary/aromatic N) is 2. The number of amides is 1. The highest BCUT2D eigenvalue weighted by atomic mass is 35.5. The molecule has 4 N–H and O–H groups in total. The molecular weight excluding hydrogens is 366 g/mol. The van der Waals surface area contributed by atoms with Crippen LogP contribution in [0, 0.1) is 17.2 Å². The summed E-state index contributed by atoms with van der Waals surface area (Å²) in [6.07, 6.45) is 4.05. The number of aryl methyl sites for hydroxylation is 1. The fraction of sp³-hybridized carbons (Fsp3) is 0.421. The zero-order chi connectivity index (χ0) is 19.2. The number of nitriles is 1. The molecule has 0 spiro atoms. The number of hydrogen-bond acceptors (Lipinski definition) is 5. The van der Waals surface area contributed by atoms with Gasteiger partial charge in [0, 0.05) is 11.6 Å². The van der Waals surface area contributed by atoms with E-state index in [0.29, 0.717) is 30.2 Å². The van der Waals surface area contributed by atoms with Crippen molar-refractivity contribution in [2.75, 3.05) is 18.9 Å². The van der Waals surface area contributed by atoms with Crippen molar-refractivity contribution in [3.05, 3.63) is 40.0 Å². The van der Waals surface area contributed by atoms with Gasteiger partial charge in [-0.25, -0.2) is 0 Å². The normalized spacial score (nSPS) is 15.5. The van der Waals surface area contributed by atoms with E-state index in [4.69, 9.17) is 27.3 Å². The van der Waals surface area contributed by atoms with E-state index in [0.717, 1.165) is 42.7 Å². The molecule has 0 saturated heterocycles. The fourth-order valence-corrected chi connectivity index (χ4v) is 3.39. The third kappa shape index (κ3) is 4.72. The number of aromatic amines is 1. The van der Waals surface area contributed by atoms with Gasteiger partial charge in [-0.1, -0.05) is 18.0 Å². The highest BCUT2D eigenvalue weighted by Gasteiger charge is 2.25. The molecule has 2 aromatic rings. The second kappa shape index (κ2) is 8.78. The maximum absolute atomic E-state index is 12.3. The molecule has 0 aliphatic carbocycles. The quantitative estimate of drug-likeness (QED) is 0.631. The molecule has 2 heterocycles. The predicted octanol–water partition coefficient (Wildman–Crippen LogP) is 2.60. The molecule has 142 valence electrons. The van der Waals surface area contributed by atoms with E-state index in [1.807, 2.05) is 12.1 Å². The number of unbranched alkanes of at least 4 members (excludes halogenated alkanes) is 2. The van der Waals surface area contributed by atoms with E-state index in [2.05, 4.69) is 21.6 Å². The molecule has 1 aliphatic heterocycles. The van der Waals surface area contributed by atoms with Crippen molar-refractivity contribution in [1.82, 2.24) is 15.5 Å². The molecule has 7 nitrogen and oxygen atoms in total. The number of nitrogen functional groups attached to an aromatic ring is 1. The summed E-state index contributed by atoms with van der Waals surface area (Å²) in [6, 6.07) is 7.55. The molecule has 1 aliphatic rings. The Hall–Kier alpha value is -2.72. The minimum atomic E-state index is -0.192. The number of H-pyrrole nitrogens is 1. The Balaban J connectivity index is 1.36. The maximum Gasteiger partial charge on any atom is 0.226 e. The number of halogens is 1. The van der Waals surface area contributed by atoms with Gasteiger partial charge in [0.25, 0.3) is 0 Å². The Morgan fingerprint density at radius 1 is 1.44 bits per heavy atom. The van der Waals surface area contributed by atoms with Gasteiger partial charge in [0.15, 0.2) is 5.82 Å². The summed E-state index contributed by atoms with van der Waals surface area (Å²) >= 11 is 6.01. The summed E-state index contributed by atoms with van der Waals surface area (Å²) in [6.45, 7) is 1.01. The van der Waals surface area contributed by atoms with Crippen LogP contribution in [0.1, 0.15) is 36.1 Å². The van der Waals surface area contributed by atoms with Crippen LogP contribution in [-0.4, -0.2) is 29.3 Å². The third-order valence-electron chi connectivity index (χ3n) is 4.68. The number of carbonyl (C=O) groups is 1. The number of nitrogens with two attached hydrogens (primary N) is 1. The molecule has 0 bridgehead atoms. The first kappa shape index (κ1) is 19.1. The summed E-state index contributed by atoms with van der Waals surface area (Å²) in [7, 11) is 0. The molecule has 1 aromatic heterocycles. The minimum Gasteiger partial charge on any atom is -0.492 e. The van der Waals surface area contributed by atoms with Gasteiger partial charge in [-0.15, -0.1) is 0 Å². The first-order valence-electron chi connectivity index (χ1n) is 9.00. The third-order valence-corrected chi connectivity index (χ3v) is 4.92. The van der Waals surface area contributed by atoms with Crippen LogP contribution < -0.4 is 15.8 Å². The van der Waals surface area contributed by atoms with Crippen molar-refractivity contribution in [1.29, 1.82) is 5.26 Å². The minimum absolute atomic E-state index is 0.00809. The van der Waals surface area contributed by atoms with E-state index in [1.54, 1.807) is 6.07 Å². The topological polar surface area (TPSA) is 117 Å². The van der Waals surface area contributed by atoms with Crippen LogP contribution in [-0.2, 0) is 17.6 Å². The molecular formula is C19H22ClN5O2. The number of rotatable bonds is 7. The van der Waals surface area contributed by atoms with Crippen molar-refractivity contribution < 1.29 is 9.53 Å². The summed E-state index contributed by atoms with van der Waals surface area (Å²) in [5.41, 5.74) is 7.79. The van der Waals surface area contributed by atoms with Crippen LogP contribution in [0.2, 0.25) is 5.02 Å². The monoisotopic (exact) mass is 387 g/mol. The van der Waals surface area contributed by atoms with Gasteiger partial charge in [-0.3, -0.25) is 9.89 Å². The Labute approximate surface area is 162 Å². The van der Waals surface area contributed by atoms with Gasteiger partial charge in [0.1, 0.15) is 24.0 Å². The SMILES string of the molecule is N#Cc1c(N)n[nH]c1CCCCCNC(=O)[C@H]1COc2ccc(Cl)cc2C1. The van der Waals surface area contributed by atoms with E-state index in [9.17, 15) is 4.79 Å². The Kier molecular flexibility index (Phi) is 6.20. The zero-order valence-electron chi connectivity index (χ0n) is 14.9. The average Bonchev–Trinajstić information content (AvgIpc) is 3.03. The van der Waals surface area contributed by atoms with Gasteiger partial charge in [0.2, 0.25) is 5.91 Å². The average molecular weight is 388 g/mol. The summed E-state index contributed by atoms with van der Waals surface area (Å²) in [5.74, 6) is 0.868. The van der Waals surface area contributed by atoms with Gasteiger partial charge in [0.05, 0.1) is 11.6 Å². The predicted molar refractivity (Wildman–Crippen MR) is 102 cm³/mol. The highest BCUT2D eigenvalue weighted by molar-refractivity contribution is 6.30. The van der Waals surface area contributed by atoms with Gasteiger partial charge < -0.3 is 15.8 Å². The van der Waals surface area contributed by atoms with Crippen molar-refractivity contribution >= 4 is 23.3 Å². The summed E-state index contributed by atoms with van der Waals surface area (Å²) in [5, 5.41) is 19.3. The molecule has 1 amide bonds.